The molecule has 0 aliphatic heterocycles. The highest BCUT2D eigenvalue weighted by molar-refractivity contribution is 6.01. The van der Waals surface area contributed by atoms with E-state index in [4.69, 9.17) is 14.2 Å². The first kappa shape index (κ1) is 17.3. The number of aryl methyl sites for hydroxylation is 1. The Balaban J connectivity index is 2.03. The minimum atomic E-state index is -0.765. The summed E-state index contributed by atoms with van der Waals surface area (Å²) in [5, 5.41) is 1.46. The highest BCUT2D eigenvalue weighted by Crippen LogP contribution is 2.58. The van der Waals surface area contributed by atoms with E-state index in [1.807, 2.05) is 25.1 Å². The lowest BCUT2D eigenvalue weighted by Gasteiger charge is -2.22. The number of benzene rings is 2. The third-order valence-electron chi connectivity index (χ3n) is 5.16. The Labute approximate surface area is 157 Å². The molecule has 0 amide bonds. The van der Waals surface area contributed by atoms with Crippen molar-refractivity contribution in [2.24, 2.45) is 0 Å². The monoisotopic (exact) mass is 364 g/mol. The number of esters is 1. The predicted octanol–water partition coefficient (Wildman–Crippen LogP) is 4.92. The molecular weight excluding hydrogens is 344 g/mol. The molecule has 27 heavy (non-hydrogen) atoms. The number of carbonyl (C=O) groups is 2. The molecule has 5 nitrogen and oxygen atoms in total. The van der Waals surface area contributed by atoms with Gasteiger partial charge in [0, 0.05) is 39.3 Å². The van der Waals surface area contributed by atoms with Crippen LogP contribution in [0.5, 0.6) is 11.5 Å². The van der Waals surface area contributed by atoms with Crippen molar-refractivity contribution in [2.75, 3.05) is 7.11 Å². The molecule has 2 aromatic carbocycles. The first-order valence-corrected chi connectivity index (χ1v) is 8.82. The molecule has 2 aromatic rings. The second-order valence-electron chi connectivity index (χ2n) is 7.09. The highest BCUT2D eigenvalue weighted by Gasteiger charge is 2.40. The Bertz CT molecular complexity index is 1030. The molecule has 5 heteroatoms. The summed E-state index contributed by atoms with van der Waals surface area (Å²) in [6.45, 7) is 7.26. The van der Waals surface area contributed by atoms with Gasteiger partial charge < -0.3 is 14.2 Å². The summed E-state index contributed by atoms with van der Waals surface area (Å²) in [7, 11) is 1.28. The summed E-state index contributed by atoms with van der Waals surface area (Å²) in [4.78, 5) is 24.2. The number of allylic oxidation sites excluding steroid dienone is 2. The second kappa shape index (κ2) is 6.27. The van der Waals surface area contributed by atoms with Crippen molar-refractivity contribution in [3.8, 4) is 11.5 Å². The van der Waals surface area contributed by atoms with Gasteiger partial charge >= 0.3 is 12.1 Å². The average Bonchev–Trinajstić information content (AvgIpc) is 3.25. The molecule has 2 aliphatic carbocycles. The van der Waals surface area contributed by atoms with E-state index in [-0.39, 0.29) is 11.8 Å². The summed E-state index contributed by atoms with van der Waals surface area (Å²) in [5.41, 5.74) is 3.15. The van der Waals surface area contributed by atoms with Crippen LogP contribution in [0.15, 0.2) is 42.5 Å². The van der Waals surface area contributed by atoms with E-state index >= 15 is 0 Å². The lowest BCUT2D eigenvalue weighted by molar-refractivity contribution is -0.130. The van der Waals surface area contributed by atoms with Crippen molar-refractivity contribution >= 4 is 22.9 Å². The third-order valence-corrected chi connectivity index (χ3v) is 5.16. The Hall–Kier alpha value is -3.08. The van der Waals surface area contributed by atoms with E-state index in [1.54, 1.807) is 6.92 Å². The topological polar surface area (TPSA) is 61.8 Å². The maximum Gasteiger partial charge on any atom is 0.513 e. The van der Waals surface area contributed by atoms with Crippen molar-refractivity contribution in [2.45, 2.75) is 32.1 Å². The summed E-state index contributed by atoms with van der Waals surface area (Å²) in [6.07, 6.45) is 4.34. The van der Waals surface area contributed by atoms with E-state index in [2.05, 4.69) is 18.7 Å². The summed E-state index contributed by atoms with van der Waals surface area (Å²) in [6, 6.07) is 5.77. The van der Waals surface area contributed by atoms with E-state index in [0.29, 0.717) is 17.1 Å². The molecule has 2 atom stereocenters. The van der Waals surface area contributed by atoms with Gasteiger partial charge in [-0.2, -0.15) is 0 Å². The first-order valence-electron chi connectivity index (χ1n) is 8.82. The van der Waals surface area contributed by atoms with Gasteiger partial charge in [0.2, 0.25) is 0 Å². The summed E-state index contributed by atoms with van der Waals surface area (Å²) >= 11 is 0. The van der Waals surface area contributed by atoms with Crippen LogP contribution in [0.1, 0.15) is 41.9 Å². The fourth-order valence-corrected chi connectivity index (χ4v) is 3.97. The molecule has 0 N–H and O–H groups in total. The molecule has 0 heterocycles. The van der Waals surface area contributed by atoms with Gasteiger partial charge in [0.1, 0.15) is 11.5 Å². The number of rotatable bonds is 3. The van der Waals surface area contributed by atoms with Gasteiger partial charge in [0.15, 0.2) is 0 Å². The van der Waals surface area contributed by atoms with Gasteiger partial charge in [0.05, 0.1) is 7.11 Å². The molecule has 2 bridgehead atoms. The van der Waals surface area contributed by atoms with Crippen LogP contribution in [0.3, 0.4) is 0 Å². The SMILES string of the molecule is C=C(C)C(=O)Oc1c2c(c(OC(=O)OC)c3cc(C)ccc13)C1C=CC2C1. The standard InChI is InChI=1S/C22H20O5/c1-11(2)21(23)26-19-15-8-5-12(3)9-16(15)20(27-22(24)25-4)18-14-7-6-13(10-14)17(18)19/h5-9,13-14H,1,10H2,2-4H3. The quantitative estimate of drug-likeness (QED) is 0.254. The Morgan fingerprint density at radius 3 is 2.26 bits per heavy atom. The van der Waals surface area contributed by atoms with Gasteiger partial charge in [-0.1, -0.05) is 36.4 Å². The van der Waals surface area contributed by atoms with Crippen molar-refractivity contribution in [3.05, 3.63) is 59.2 Å². The number of hydrogen-bond donors (Lipinski definition) is 0. The van der Waals surface area contributed by atoms with Crippen LogP contribution in [-0.4, -0.2) is 19.2 Å². The van der Waals surface area contributed by atoms with Gasteiger partial charge in [-0.15, -0.1) is 0 Å². The minimum Gasteiger partial charge on any atom is -0.437 e. The number of hydrogen-bond acceptors (Lipinski definition) is 5. The molecule has 0 spiro atoms. The Morgan fingerprint density at radius 1 is 1.04 bits per heavy atom. The molecule has 2 aliphatic rings. The second-order valence-corrected chi connectivity index (χ2v) is 7.09. The maximum atomic E-state index is 12.3. The van der Waals surface area contributed by atoms with Crippen molar-refractivity contribution in [1.82, 2.24) is 0 Å². The smallest absolute Gasteiger partial charge is 0.437 e. The number of ether oxygens (including phenoxy) is 3. The average molecular weight is 364 g/mol. The van der Waals surface area contributed by atoms with Gasteiger partial charge in [-0.25, -0.2) is 9.59 Å². The van der Waals surface area contributed by atoms with E-state index in [9.17, 15) is 9.59 Å². The number of methoxy groups -OCH3 is 1. The third kappa shape index (κ3) is 2.70. The molecule has 4 rings (SSSR count). The Kier molecular flexibility index (Phi) is 4.02. The lowest BCUT2D eigenvalue weighted by atomic mass is 9.90. The summed E-state index contributed by atoms with van der Waals surface area (Å²) in [5.74, 6) is 0.803. The van der Waals surface area contributed by atoms with Crippen LogP contribution >= 0.6 is 0 Å². The fourth-order valence-electron chi connectivity index (χ4n) is 3.97. The van der Waals surface area contributed by atoms with Crippen LogP contribution in [0, 0.1) is 6.92 Å². The number of carbonyl (C=O) groups excluding carboxylic acids is 2. The lowest BCUT2D eigenvalue weighted by Crippen LogP contribution is -2.14. The van der Waals surface area contributed by atoms with Crippen molar-refractivity contribution in [3.63, 3.8) is 0 Å². The zero-order chi connectivity index (χ0) is 19.3. The van der Waals surface area contributed by atoms with Crippen LogP contribution in [0.25, 0.3) is 10.8 Å². The Morgan fingerprint density at radius 2 is 1.67 bits per heavy atom. The zero-order valence-corrected chi connectivity index (χ0v) is 15.5. The van der Waals surface area contributed by atoms with Crippen molar-refractivity contribution < 1.29 is 23.8 Å². The molecule has 138 valence electrons. The van der Waals surface area contributed by atoms with Gasteiger partial charge in [0.25, 0.3) is 0 Å². The largest absolute Gasteiger partial charge is 0.513 e. The molecule has 0 fully saturated rings. The van der Waals surface area contributed by atoms with Gasteiger partial charge in [-0.05, 0) is 26.3 Å². The molecular formula is C22H20O5. The summed E-state index contributed by atoms with van der Waals surface area (Å²) < 4.78 is 16.1. The molecule has 0 aromatic heterocycles. The van der Waals surface area contributed by atoms with E-state index in [1.165, 1.54) is 7.11 Å². The van der Waals surface area contributed by atoms with Gasteiger partial charge in [-0.3, -0.25) is 0 Å². The fraction of sp³-hybridized carbons (Fsp3) is 0.273. The molecule has 0 saturated heterocycles. The molecule has 0 saturated carbocycles. The minimum absolute atomic E-state index is 0.122. The first-order chi connectivity index (χ1) is 12.9. The van der Waals surface area contributed by atoms with Crippen LogP contribution < -0.4 is 9.47 Å². The maximum absolute atomic E-state index is 12.3. The van der Waals surface area contributed by atoms with Crippen LogP contribution in [0.4, 0.5) is 4.79 Å². The van der Waals surface area contributed by atoms with Crippen LogP contribution in [0.2, 0.25) is 0 Å². The molecule has 2 unspecified atom stereocenters. The normalized spacial score (nSPS) is 19.1. The number of fused-ring (bicyclic) bond motifs is 6. The van der Waals surface area contributed by atoms with Crippen molar-refractivity contribution in [1.29, 1.82) is 0 Å². The predicted molar refractivity (Wildman–Crippen MR) is 101 cm³/mol. The van der Waals surface area contributed by atoms with Crippen LogP contribution in [-0.2, 0) is 9.53 Å². The molecule has 0 radical (unpaired) electrons. The van der Waals surface area contributed by atoms with E-state index in [0.717, 1.165) is 33.9 Å². The zero-order valence-electron chi connectivity index (χ0n) is 15.5. The highest BCUT2D eigenvalue weighted by atomic mass is 16.7. The van der Waals surface area contributed by atoms with E-state index < -0.39 is 12.1 Å².